The summed E-state index contributed by atoms with van der Waals surface area (Å²) in [6, 6.07) is 12.1. The molecule has 35 heavy (non-hydrogen) atoms. The molecule has 0 amide bonds. The lowest BCUT2D eigenvalue weighted by atomic mass is 9.98. The van der Waals surface area contributed by atoms with E-state index >= 15 is 0 Å². The summed E-state index contributed by atoms with van der Waals surface area (Å²) < 4.78 is 86.2. The van der Waals surface area contributed by atoms with Gasteiger partial charge < -0.3 is 18.9 Å². The Labute approximate surface area is 205 Å². The van der Waals surface area contributed by atoms with Crippen molar-refractivity contribution < 1.29 is 44.1 Å². The van der Waals surface area contributed by atoms with Gasteiger partial charge >= 0.3 is 0 Å². The molecule has 0 aromatic heterocycles. The third-order valence-electron chi connectivity index (χ3n) is 5.76. The number of fused-ring (bicyclic) bond motifs is 1. The highest BCUT2D eigenvalue weighted by Gasteiger charge is 2.54. The highest BCUT2D eigenvalue weighted by molar-refractivity contribution is 7.87. The quantitative estimate of drug-likeness (QED) is 0.495. The maximum absolute atomic E-state index is 13.2. The summed E-state index contributed by atoms with van der Waals surface area (Å²) in [5, 5.41) is 0. The van der Waals surface area contributed by atoms with E-state index < -0.39 is 57.2 Å². The highest BCUT2D eigenvalue weighted by atomic mass is 32.2. The Hall–Kier alpha value is -1.90. The summed E-state index contributed by atoms with van der Waals surface area (Å²) in [5.74, 6) is 0. The smallest absolute Gasteiger partial charge is 0.297 e. The molecule has 2 saturated heterocycles. The first-order chi connectivity index (χ1) is 16.5. The van der Waals surface area contributed by atoms with Crippen LogP contribution in [0.5, 0.6) is 0 Å². The lowest BCUT2D eigenvalue weighted by Gasteiger charge is -2.47. The van der Waals surface area contributed by atoms with E-state index in [2.05, 4.69) is 0 Å². The summed E-state index contributed by atoms with van der Waals surface area (Å²) in [5.41, 5.74) is 1.72. The SMILES string of the molecule is COC1OC2COC(C)OC2C(OS(=O)(=O)c2ccc(C)cc2)C1OS(=O)(=O)c1ccc(C)cc1. The van der Waals surface area contributed by atoms with Gasteiger partial charge in [-0.3, -0.25) is 8.37 Å². The molecular formula is C23H28O10S2. The Morgan fingerprint density at radius 3 is 1.74 bits per heavy atom. The second kappa shape index (κ2) is 10.2. The zero-order valence-corrected chi connectivity index (χ0v) is 21.3. The molecular weight excluding hydrogens is 500 g/mol. The zero-order valence-electron chi connectivity index (χ0n) is 19.7. The Bertz CT molecular complexity index is 1230. The van der Waals surface area contributed by atoms with Crippen molar-refractivity contribution in [2.75, 3.05) is 13.7 Å². The minimum Gasteiger partial charge on any atom is -0.353 e. The van der Waals surface area contributed by atoms with Crippen molar-refractivity contribution in [3.8, 4) is 0 Å². The minimum absolute atomic E-state index is 0.0631. The summed E-state index contributed by atoms with van der Waals surface area (Å²) in [4.78, 5) is -0.207. The first-order valence-corrected chi connectivity index (χ1v) is 13.8. The van der Waals surface area contributed by atoms with Crippen LogP contribution in [0.25, 0.3) is 0 Å². The third-order valence-corrected chi connectivity index (χ3v) is 8.41. The number of methoxy groups -OCH3 is 1. The van der Waals surface area contributed by atoms with Crippen molar-refractivity contribution in [3.63, 3.8) is 0 Å². The molecule has 6 atom stereocenters. The van der Waals surface area contributed by atoms with Gasteiger partial charge in [0.05, 0.1) is 16.4 Å². The zero-order chi connectivity index (χ0) is 25.4. The molecule has 2 aliphatic heterocycles. The van der Waals surface area contributed by atoms with Gasteiger partial charge in [0.2, 0.25) is 0 Å². The fraction of sp³-hybridized carbons (Fsp3) is 0.478. The summed E-state index contributed by atoms with van der Waals surface area (Å²) in [7, 11) is -7.40. The van der Waals surface area contributed by atoms with Crippen LogP contribution in [0.2, 0.25) is 0 Å². The van der Waals surface area contributed by atoms with Crippen LogP contribution in [-0.4, -0.2) is 67.5 Å². The van der Waals surface area contributed by atoms with Crippen LogP contribution in [0, 0.1) is 13.8 Å². The van der Waals surface area contributed by atoms with E-state index in [1.54, 1.807) is 31.2 Å². The molecule has 2 heterocycles. The van der Waals surface area contributed by atoms with Crippen LogP contribution in [0.15, 0.2) is 58.3 Å². The van der Waals surface area contributed by atoms with E-state index in [0.29, 0.717) is 0 Å². The van der Waals surface area contributed by atoms with E-state index in [4.69, 9.17) is 27.3 Å². The Balaban J connectivity index is 1.71. The van der Waals surface area contributed by atoms with Crippen molar-refractivity contribution >= 4 is 20.2 Å². The molecule has 0 radical (unpaired) electrons. The molecule has 192 valence electrons. The molecule has 0 spiro atoms. The van der Waals surface area contributed by atoms with Crippen LogP contribution in [-0.2, 0) is 47.5 Å². The van der Waals surface area contributed by atoms with Gasteiger partial charge in [-0.25, -0.2) is 0 Å². The van der Waals surface area contributed by atoms with Gasteiger partial charge in [-0.1, -0.05) is 35.4 Å². The van der Waals surface area contributed by atoms with Crippen LogP contribution < -0.4 is 0 Å². The van der Waals surface area contributed by atoms with Crippen LogP contribution in [0.3, 0.4) is 0 Å². The van der Waals surface area contributed by atoms with Gasteiger partial charge in [0.15, 0.2) is 18.7 Å². The van der Waals surface area contributed by atoms with E-state index in [1.165, 1.54) is 31.4 Å². The fourth-order valence-corrected chi connectivity index (χ4v) is 6.05. The number of benzene rings is 2. The highest BCUT2D eigenvalue weighted by Crippen LogP contribution is 2.35. The predicted molar refractivity (Wildman–Crippen MR) is 122 cm³/mol. The van der Waals surface area contributed by atoms with Crippen molar-refractivity contribution in [1.82, 2.24) is 0 Å². The lowest BCUT2D eigenvalue weighted by molar-refractivity contribution is -0.345. The monoisotopic (exact) mass is 528 g/mol. The van der Waals surface area contributed by atoms with Gasteiger partial charge in [-0.05, 0) is 45.0 Å². The van der Waals surface area contributed by atoms with Crippen molar-refractivity contribution in [2.24, 2.45) is 0 Å². The second-order valence-electron chi connectivity index (χ2n) is 8.44. The number of aryl methyl sites for hydroxylation is 2. The van der Waals surface area contributed by atoms with Crippen molar-refractivity contribution in [1.29, 1.82) is 0 Å². The van der Waals surface area contributed by atoms with E-state index in [0.717, 1.165) is 11.1 Å². The molecule has 2 aromatic rings. The third kappa shape index (κ3) is 5.75. The average molecular weight is 529 g/mol. The van der Waals surface area contributed by atoms with Crippen LogP contribution in [0.1, 0.15) is 18.1 Å². The standard InChI is InChI=1S/C23H28O10S2/c1-14-5-9-17(10-6-14)34(24,25)32-21-20-19(13-29-16(3)30-20)31-23(28-4)22(21)33-35(26,27)18-11-7-15(2)8-12-18/h5-12,16,19-23H,13H2,1-4H3. The molecule has 0 aliphatic carbocycles. The maximum atomic E-state index is 13.2. The maximum Gasteiger partial charge on any atom is 0.297 e. The number of hydrogen-bond donors (Lipinski definition) is 0. The predicted octanol–water partition coefficient (Wildman–Crippen LogP) is 2.28. The number of ether oxygens (including phenoxy) is 4. The topological polar surface area (TPSA) is 124 Å². The minimum atomic E-state index is -4.35. The number of hydrogen-bond acceptors (Lipinski definition) is 10. The molecule has 0 N–H and O–H groups in total. The van der Waals surface area contributed by atoms with Gasteiger partial charge in [-0.2, -0.15) is 16.8 Å². The van der Waals surface area contributed by atoms with Gasteiger partial charge in [0.1, 0.15) is 18.3 Å². The van der Waals surface area contributed by atoms with Crippen LogP contribution in [0.4, 0.5) is 0 Å². The summed E-state index contributed by atoms with van der Waals surface area (Å²) in [6.07, 6.45) is -6.70. The second-order valence-corrected chi connectivity index (χ2v) is 11.6. The molecule has 0 saturated carbocycles. The first-order valence-electron chi connectivity index (χ1n) is 11.0. The largest absolute Gasteiger partial charge is 0.353 e. The van der Waals surface area contributed by atoms with E-state index in [-0.39, 0.29) is 16.4 Å². The fourth-order valence-electron chi connectivity index (χ4n) is 3.88. The molecule has 2 aliphatic rings. The number of rotatable bonds is 7. The van der Waals surface area contributed by atoms with Crippen LogP contribution >= 0.6 is 0 Å². The molecule has 12 heteroatoms. The average Bonchev–Trinajstić information content (AvgIpc) is 2.81. The molecule has 4 rings (SSSR count). The molecule has 6 unspecified atom stereocenters. The lowest BCUT2D eigenvalue weighted by Crippen LogP contribution is -2.64. The Kier molecular flexibility index (Phi) is 7.65. The van der Waals surface area contributed by atoms with Gasteiger partial charge in [0.25, 0.3) is 20.2 Å². The molecule has 10 nitrogen and oxygen atoms in total. The normalized spacial score (nSPS) is 29.5. The van der Waals surface area contributed by atoms with Crippen molar-refractivity contribution in [2.45, 2.75) is 67.6 Å². The molecule has 2 aromatic carbocycles. The van der Waals surface area contributed by atoms with Gasteiger partial charge in [0, 0.05) is 7.11 Å². The first kappa shape index (κ1) is 26.2. The Morgan fingerprint density at radius 2 is 1.26 bits per heavy atom. The van der Waals surface area contributed by atoms with Gasteiger partial charge in [-0.15, -0.1) is 0 Å². The Morgan fingerprint density at radius 1 is 0.771 bits per heavy atom. The van der Waals surface area contributed by atoms with Crippen molar-refractivity contribution in [3.05, 3.63) is 59.7 Å². The summed E-state index contributed by atoms with van der Waals surface area (Å²) in [6.45, 7) is 5.33. The molecule has 2 fully saturated rings. The summed E-state index contributed by atoms with van der Waals surface area (Å²) >= 11 is 0. The van der Waals surface area contributed by atoms with E-state index in [9.17, 15) is 16.8 Å². The molecule has 0 bridgehead atoms. The van der Waals surface area contributed by atoms with E-state index in [1.807, 2.05) is 13.8 Å².